The van der Waals surface area contributed by atoms with Crippen LogP contribution >= 0.6 is 0 Å². The Morgan fingerprint density at radius 3 is 2.75 bits per heavy atom. The molecule has 0 saturated carbocycles. The van der Waals surface area contributed by atoms with Crippen molar-refractivity contribution >= 4 is 17.3 Å². The van der Waals surface area contributed by atoms with Crippen LogP contribution in [0.2, 0.25) is 0 Å². The van der Waals surface area contributed by atoms with Crippen LogP contribution < -0.4 is 14.4 Å². The van der Waals surface area contributed by atoms with Gasteiger partial charge in [0.25, 0.3) is 0 Å². The number of carboxylic acid groups (broad SMARTS) is 1. The predicted octanol–water partition coefficient (Wildman–Crippen LogP) is 3.72. The third kappa shape index (κ3) is 3.14. The molecule has 144 valence electrons. The van der Waals surface area contributed by atoms with Crippen LogP contribution in [0.15, 0.2) is 35.7 Å². The average Bonchev–Trinajstić information content (AvgIpc) is 2.69. The number of methoxy groups -OCH3 is 1. The van der Waals surface area contributed by atoms with Crippen LogP contribution in [0.1, 0.15) is 30.5 Å². The summed E-state index contributed by atoms with van der Waals surface area (Å²) < 4.78 is 11.2. The first kappa shape index (κ1) is 19.2. The van der Waals surface area contributed by atoms with Crippen molar-refractivity contribution in [3.8, 4) is 17.7 Å². The topological polar surface area (TPSA) is 95.7 Å². The fourth-order valence-corrected chi connectivity index (χ4v) is 3.44. The van der Waals surface area contributed by atoms with Crippen molar-refractivity contribution in [2.75, 3.05) is 18.6 Å². The highest BCUT2D eigenvalue weighted by atomic mass is 16.5. The zero-order valence-corrected chi connectivity index (χ0v) is 16.2. The molecule has 1 aromatic heterocycles. The molecule has 7 nitrogen and oxygen atoms in total. The maximum absolute atomic E-state index is 11.9. The van der Waals surface area contributed by atoms with Gasteiger partial charge in [-0.25, -0.2) is 9.78 Å². The minimum Gasteiger partial charge on any atom is -0.495 e. The van der Waals surface area contributed by atoms with Crippen LogP contribution in [0, 0.1) is 18.3 Å². The Hall–Kier alpha value is -3.53. The number of nitriles is 1. The molecule has 1 aromatic carbocycles. The van der Waals surface area contributed by atoms with E-state index in [-0.39, 0.29) is 12.0 Å². The number of rotatable bonds is 5. The maximum atomic E-state index is 11.9. The van der Waals surface area contributed by atoms with Crippen molar-refractivity contribution in [2.45, 2.75) is 27.2 Å². The first-order valence-electron chi connectivity index (χ1n) is 8.85. The minimum atomic E-state index is -0.996. The summed E-state index contributed by atoms with van der Waals surface area (Å²) in [7, 11) is 1.52. The number of aryl methyl sites for hydroxylation is 1. The molecule has 0 spiro atoms. The SMILES string of the molecule is CCOc1ncc(C)c2c1CC(C(=O)O)=C(C)N2c1ccc(C#N)cc1OC. The number of carboxylic acids is 1. The molecular weight excluding hydrogens is 358 g/mol. The van der Waals surface area contributed by atoms with Crippen molar-refractivity contribution in [1.82, 2.24) is 4.98 Å². The third-order valence-electron chi connectivity index (χ3n) is 4.73. The number of carbonyl (C=O) groups is 1. The van der Waals surface area contributed by atoms with Gasteiger partial charge in [-0.15, -0.1) is 0 Å². The van der Waals surface area contributed by atoms with Gasteiger partial charge in [-0.2, -0.15) is 5.26 Å². The monoisotopic (exact) mass is 379 g/mol. The summed E-state index contributed by atoms with van der Waals surface area (Å²) >= 11 is 0. The smallest absolute Gasteiger partial charge is 0.333 e. The van der Waals surface area contributed by atoms with Crippen LogP contribution in [0.25, 0.3) is 0 Å². The van der Waals surface area contributed by atoms with Crippen molar-refractivity contribution in [3.63, 3.8) is 0 Å². The maximum Gasteiger partial charge on any atom is 0.333 e. The number of benzene rings is 1. The van der Waals surface area contributed by atoms with Gasteiger partial charge in [-0.3, -0.25) is 0 Å². The molecule has 0 unspecified atom stereocenters. The second kappa shape index (κ2) is 7.61. The highest BCUT2D eigenvalue weighted by molar-refractivity contribution is 5.94. The molecule has 0 radical (unpaired) electrons. The lowest BCUT2D eigenvalue weighted by atomic mass is 9.94. The normalized spacial score (nSPS) is 13.0. The van der Waals surface area contributed by atoms with Crippen molar-refractivity contribution in [2.24, 2.45) is 0 Å². The fraction of sp³-hybridized carbons (Fsp3) is 0.286. The number of pyridine rings is 1. The van der Waals surface area contributed by atoms with Crippen molar-refractivity contribution in [3.05, 3.63) is 52.4 Å². The first-order valence-corrected chi connectivity index (χ1v) is 8.85. The van der Waals surface area contributed by atoms with Crippen molar-refractivity contribution < 1.29 is 19.4 Å². The molecule has 1 aliphatic heterocycles. The average molecular weight is 379 g/mol. The standard InChI is InChI=1S/C21H21N3O4/c1-5-28-20-16-9-15(21(25)26)13(3)24(19(16)12(2)11-23-20)17-7-6-14(10-22)8-18(17)27-4/h6-8,11H,5,9H2,1-4H3,(H,25,26). The molecule has 2 heterocycles. The third-order valence-corrected chi connectivity index (χ3v) is 4.73. The summed E-state index contributed by atoms with van der Waals surface area (Å²) in [4.78, 5) is 18.1. The molecule has 0 saturated heterocycles. The minimum absolute atomic E-state index is 0.218. The zero-order chi connectivity index (χ0) is 20.4. The molecule has 0 atom stereocenters. The Morgan fingerprint density at radius 1 is 1.39 bits per heavy atom. The number of allylic oxidation sites excluding steroid dienone is 1. The number of nitrogens with zero attached hydrogens (tertiary/aromatic N) is 3. The number of fused-ring (bicyclic) bond motifs is 1. The van der Waals surface area contributed by atoms with Crippen LogP contribution in [0.5, 0.6) is 11.6 Å². The summed E-state index contributed by atoms with van der Waals surface area (Å²) in [5.74, 6) is -0.0955. The van der Waals surface area contributed by atoms with Crippen LogP contribution in [-0.4, -0.2) is 29.8 Å². The number of hydrogen-bond donors (Lipinski definition) is 1. The molecule has 0 fully saturated rings. The Kier molecular flexibility index (Phi) is 5.23. The van der Waals surface area contributed by atoms with E-state index in [2.05, 4.69) is 11.1 Å². The molecule has 3 rings (SSSR count). The molecule has 0 bridgehead atoms. The van der Waals surface area contributed by atoms with E-state index < -0.39 is 5.97 Å². The highest BCUT2D eigenvalue weighted by Gasteiger charge is 2.32. The van der Waals surface area contributed by atoms with Gasteiger partial charge in [0.1, 0.15) is 5.75 Å². The number of ether oxygens (including phenoxy) is 2. The van der Waals surface area contributed by atoms with E-state index in [1.54, 1.807) is 31.3 Å². The lowest BCUT2D eigenvalue weighted by molar-refractivity contribution is -0.132. The van der Waals surface area contributed by atoms with Crippen LogP contribution in [0.4, 0.5) is 11.4 Å². The van der Waals surface area contributed by atoms with E-state index in [9.17, 15) is 15.2 Å². The van der Waals surface area contributed by atoms with Gasteiger partial charge in [0.2, 0.25) is 5.88 Å². The molecular formula is C21H21N3O4. The summed E-state index contributed by atoms with van der Waals surface area (Å²) in [5.41, 5.74) is 4.37. The Balaban J connectivity index is 2.33. The first-order chi connectivity index (χ1) is 13.4. The van der Waals surface area contributed by atoms with E-state index in [4.69, 9.17) is 9.47 Å². The Labute approximate surface area is 163 Å². The molecule has 0 amide bonds. The van der Waals surface area contributed by atoms with Crippen molar-refractivity contribution in [1.29, 1.82) is 5.26 Å². The predicted molar refractivity (Wildman–Crippen MR) is 104 cm³/mol. The van der Waals surface area contributed by atoms with Gasteiger partial charge in [-0.05, 0) is 38.5 Å². The lowest BCUT2D eigenvalue weighted by Gasteiger charge is -2.35. The van der Waals surface area contributed by atoms with E-state index in [1.165, 1.54) is 7.11 Å². The number of aliphatic carboxylic acids is 1. The molecule has 1 N–H and O–H groups in total. The second-order valence-corrected chi connectivity index (χ2v) is 6.39. The van der Waals surface area contributed by atoms with Gasteiger partial charge in [0.15, 0.2) is 0 Å². The summed E-state index contributed by atoms with van der Waals surface area (Å²) in [6.07, 6.45) is 1.93. The number of aromatic nitrogens is 1. The molecule has 0 aliphatic carbocycles. The van der Waals surface area contributed by atoms with E-state index in [0.717, 1.165) is 16.8 Å². The molecule has 1 aliphatic rings. The molecule has 7 heteroatoms. The summed E-state index contributed by atoms with van der Waals surface area (Å²) in [6.45, 7) is 5.97. The highest BCUT2D eigenvalue weighted by Crippen LogP contribution is 2.46. The molecule has 2 aromatic rings. The second-order valence-electron chi connectivity index (χ2n) is 6.39. The summed E-state index contributed by atoms with van der Waals surface area (Å²) in [6, 6.07) is 7.17. The zero-order valence-electron chi connectivity index (χ0n) is 16.2. The van der Waals surface area contributed by atoms with Crippen LogP contribution in [-0.2, 0) is 11.2 Å². The van der Waals surface area contributed by atoms with Crippen LogP contribution in [0.3, 0.4) is 0 Å². The largest absolute Gasteiger partial charge is 0.495 e. The quantitative estimate of drug-likeness (QED) is 0.846. The van der Waals surface area contributed by atoms with Gasteiger partial charge < -0.3 is 19.5 Å². The number of anilines is 2. The Morgan fingerprint density at radius 2 is 2.14 bits per heavy atom. The molecule has 28 heavy (non-hydrogen) atoms. The summed E-state index contributed by atoms with van der Waals surface area (Å²) in [5, 5.41) is 19.0. The van der Waals surface area contributed by atoms with Gasteiger partial charge in [-0.1, -0.05) is 0 Å². The van der Waals surface area contributed by atoms with Gasteiger partial charge >= 0.3 is 5.97 Å². The van der Waals surface area contributed by atoms with E-state index in [0.29, 0.717) is 35.2 Å². The van der Waals surface area contributed by atoms with E-state index >= 15 is 0 Å². The fourth-order valence-electron chi connectivity index (χ4n) is 3.44. The lowest BCUT2D eigenvalue weighted by Crippen LogP contribution is -2.27. The number of hydrogen-bond acceptors (Lipinski definition) is 6. The van der Waals surface area contributed by atoms with Gasteiger partial charge in [0, 0.05) is 29.9 Å². The van der Waals surface area contributed by atoms with Gasteiger partial charge in [0.05, 0.1) is 42.3 Å². The van der Waals surface area contributed by atoms with E-state index in [1.807, 2.05) is 18.7 Å². The Bertz CT molecular complexity index is 1020.